The smallest absolute Gasteiger partial charge is 0.235 e. The zero-order valence-electron chi connectivity index (χ0n) is 19.3. The third kappa shape index (κ3) is 6.45. The summed E-state index contributed by atoms with van der Waals surface area (Å²) in [5.41, 5.74) is 1.86. The highest BCUT2D eigenvalue weighted by Gasteiger charge is 2.19. The van der Waals surface area contributed by atoms with Crippen LogP contribution in [0.3, 0.4) is 0 Å². The quantitative estimate of drug-likeness (QED) is 0.488. The Kier molecular flexibility index (Phi) is 7.46. The molecule has 1 aliphatic rings. The van der Waals surface area contributed by atoms with E-state index in [0.717, 1.165) is 53.9 Å². The summed E-state index contributed by atoms with van der Waals surface area (Å²) in [6, 6.07) is 7.84. The Balaban J connectivity index is 1.53. The van der Waals surface area contributed by atoms with Gasteiger partial charge in [-0.2, -0.15) is 15.0 Å². The first-order valence-corrected chi connectivity index (χ1v) is 12.1. The molecule has 0 unspecified atom stereocenters. The lowest BCUT2D eigenvalue weighted by molar-refractivity contribution is -0.118. The van der Waals surface area contributed by atoms with E-state index < -0.39 is 0 Å². The molecule has 0 bridgehead atoms. The maximum Gasteiger partial charge on any atom is 0.235 e. The van der Waals surface area contributed by atoms with Gasteiger partial charge in [0.1, 0.15) is 5.78 Å². The summed E-state index contributed by atoms with van der Waals surface area (Å²) in [5.74, 6) is 1.82. The zero-order chi connectivity index (χ0) is 23.2. The molecule has 3 aromatic rings. The van der Waals surface area contributed by atoms with Gasteiger partial charge in [-0.15, -0.1) is 11.3 Å². The normalized spacial score (nSPS) is 14.3. The SMILES string of the molecule is CCCC(=O)Cc1ccc(Nc2nc(Nc3ncc(C)s3)nc(N3CCN(C)CC3)n2)cc1. The molecule has 1 saturated heterocycles. The van der Waals surface area contributed by atoms with Gasteiger partial charge < -0.3 is 15.1 Å². The van der Waals surface area contributed by atoms with Crippen molar-refractivity contribution >= 4 is 45.8 Å². The number of anilines is 5. The van der Waals surface area contributed by atoms with Gasteiger partial charge in [0.25, 0.3) is 0 Å². The lowest BCUT2D eigenvalue weighted by Crippen LogP contribution is -2.45. The molecule has 33 heavy (non-hydrogen) atoms. The van der Waals surface area contributed by atoms with E-state index in [4.69, 9.17) is 0 Å². The summed E-state index contributed by atoms with van der Waals surface area (Å²) in [4.78, 5) is 35.8. The van der Waals surface area contributed by atoms with Crippen LogP contribution in [-0.4, -0.2) is 63.8 Å². The summed E-state index contributed by atoms with van der Waals surface area (Å²) >= 11 is 1.55. The van der Waals surface area contributed by atoms with Gasteiger partial charge in [-0.05, 0) is 38.1 Å². The third-order valence-corrected chi connectivity index (χ3v) is 6.22. The van der Waals surface area contributed by atoms with Crippen LogP contribution in [0.1, 0.15) is 30.2 Å². The van der Waals surface area contributed by atoms with Crippen LogP contribution in [0.2, 0.25) is 0 Å². The number of carbonyl (C=O) groups excluding carboxylic acids is 1. The van der Waals surface area contributed by atoms with E-state index >= 15 is 0 Å². The van der Waals surface area contributed by atoms with E-state index in [1.165, 1.54) is 0 Å². The summed E-state index contributed by atoms with van der Waals surface area (Å²) in [7, 11) is 2.12. The van der Waals surface area contributed by atoms with Crippen molar-refractivity contribution in [2.75, 3.05) is 48.8 Å². The molecule has 10 heteroatoms. The van der Waals surface area contributed by atoms with E-state index in [1.807, 2.05) is 44.3 Å². The van der Waals surface area contributed by atoms with Crippen LogP contribution in [0.5, 0.6) is 0 Å². The van der Waals surface area contributed by atoms with E-state index in [-0.39, 0.29) is 5.78 Å². The average Bonchev–Trinajstić information content (AvgIpc) is 3.20. The molecule has 0 aliphatic carbocycles. The summed E-state index contributed by atoms with van der Waals surface area (Å²) in [6.07, 6.45) is 3.79. The van der Waals surface area contributed by atoms with Crippen LogP contribution in [0.25, 0.3) is 0 Å². The number of Topliss-reactive ketones (excluding diaryl/α,β-unsaturated/α-hetero) is 1. The molecule has 0 radical (unpaired) electrons. The number of likely N-dealkylation sites (N-methyl/N-ethyl adjacent to an activating group) is 1. The average molecular weight is 467 g/mol. The number of thiazole rings is 1. The summed E-state index contributed by atoms with van der Waals surface area (Å²) in [5, 5.41) is 7.25. The number of carbonyl (C=O) groups is 1. The topological polar surface area (TPSA) is 99.2 Å². The molecule has 0 amide bonds. The molecule has 9 nitrogen and oxygen atoms in total. The van der Waals surface area contributed by atoms with Gasteiger partial charge >= 0.3 is 0 Å². The second-order valence-corrected chi connectivity index (χ2v) is 9.50. The minimum atomic E-state index is 0.264. The number of aryl methyl sites for hydroxylation is 1. The minimum Gasteiger partial charge on any atom is -0.338 e. The molecule has 1 aliphatic heterocycles. The fourth-order valence-corrected chi connectivity index (χ4v) is 4.22. The zero-order valence-corrected chi connectivity index (χ0v) is 20.2. The van der Waals surface area contributed by atoms with Crippen molar-refractivity contribution in [3.8, 4) is 0 Å². The van der Waals surface area contributed by atoms with Crippen LogP contribution in [0.15, 0.2) is 30.5 Å². The monoisotopic (exact) mass is 466 g/mol. The number of piperazine rings is 1. The molecule has 2 N–H and O–H groups in total. The fraction of sp³-hybridized carbons (Fsp3) is 0.435. The Hall–Kier alpha value is -3.11. The van der Waals surface area contributed by atoms with Crippen molar-refractivity contribution in [2.45, 2.75) is 33.1 Å². The molecule has 1 fully saturated rings. The van der Waals surface area contributed by atoms with E-state index in [1.54, 1.807) is 11.3 Å². The molecular weight excluding hydrogens is 436 g/mol. The van der Waals surface area contributed by atoms with Gasteiger partial charge in [0.2, 0.25) is 17.8 Å². The highest BCUT2D eigenvalue weighted by Crippen LogP contribution is 2.24. The number of rotatable bonds is 9. The first-order valence-electron chi connectivity index (χ1n) is 11.2. The molecule has 2 aromatic heterocycles. The van der Waals surface area contributed by atoms with Gasteiger partial charge in [0.15, 0.2) is 5.13 Å². The number of hydrogen-bond donors (Lipinski definition) is 2. The maximum atomic E-state index is 11.9. The molecule has 4 rings (SSSR count). The number of aromatic nitrogens is 4. The first-order chi connectivity index (χ1) is 16.0. The number of benzene rings is 1. The molecule has 174 valence electrons. The largest absolute Gasteiger partial charge is 0.338 e. The third-order valence-electron chi connectivity index (χ3n) is 5.39. The van der Waals surface area contributed by atoms with Crippen molar-refractivity contribution in [1.29, 1.82) is 0 Å². The standard InChI is InChI=1S/C23H30N8OS/c1-4-5-19(32)14-17-6-8-18(9-7-17)25-20-26-21(29-23-24-15-16(2)33-23)28-22(27-20)31-12-10-30(3)11-13-31/h6-9,15H,4-5,10-14H2,1-3H3,(H2,24,25,26,27,28,29). The van der Waals surface area contributed by atoms with Crippen molar-refractivity contribution in [2.24, 2.45) is 0 Å². The minimum absolute atomic E-state index is 0.264. The molecule has 0 atom stereocenters. The van der Waals surface area contributed by atoms with Gasteiger partial charge in [-0.1, -0.05) is 19.1 Å². The Morgan fingerprint density at radius 2 is 1.73 bits per heavy atom. The van der Waals surface area contributed by atoms with Crippen molar-refractivity contribution in [3.05, 3.63) is 40.9 Å². The second-order valence-electron chi connectivity index (χ2n) is 8.26. The summed E-state index contributed by atoms with van der Waals surface area (Å²) < 4.78 is 0. The Morgan fingerprint density at radius 1 is 1.03 bits per heavy atom. The Morgan fingerprint density at radius 3 is 2.36 bits per heavy atom. The summed E-state index contributed by atoms with van der Waals surface area (Å²) in [6.45, 7) is 7.67. The lowest BCUT2D eigenvalue weighted by Gasteiger charge is -2.32. The van der Waals surface area contributed by atoms with Gasteiger partial charge in [-0.25, -0.2) is 4.98 Å². The van der Waals surface area contributed by atoms with Crippen molar-refractivity contribution in [3.63, 3.8) is 0 Å². The van der Waals surface area contributed by atoms with E-state index in [9.17, 15) is 4.79 Å². The first kappa shape index (κ1) is 23.1. The predicted molar refractivity (Wildman–Crippen MR) is 133 cm³/mol. The van der Waals surface area contributed by atoms with Gasteiger partial charge in [0.05, 0.1) is 0 Å². The number of ketones is 1. The highest BCUT2D eigenvalue weighted by molar-refractivity contribution is 7.15. The van der Waals surface area contributed by atoms with Crippen LogP contribution in [0.4, 0.5) is 28.7 Å². The van der Waals surface area contributed by atoms with Crippen molar-refractivity contribution < 1.29 is 4.79 Å². The van der Waals surface area contributed by atoms with Crippen LogP contribution >= 0.6 is 11.3 Å². The molecule has 3 heterocycles. The van der Waals surface area contributed by atoms with E-state index in [0.29, 0.717) is 30.7 Å². The Labute approximate surface area is 198 Å². The lowest BCUT2D eigenvalue weighted by atomic mass is 10.1. The molecule has 1 aromatic carbocycles. The fourth-order valence-electron chi connectivity index (χ4n) is 3.56. The highest BCUT2D eigenvalue weighted by atomic mass is 32.1. The van der Waals surface area contributed by atoms with E-state index in [2.05, 4.69) is 47.4 Å². The van der Waals surface area contributed by atoms with Crippen LogP contribution in [-0.2, 0) is 11.2 Å². The number of nitrogens with zero attached hydrogens (tertiary/aromatic N) is 6. The molecule has 0 saturated carbocycles. The predicted octanol–water partition coefficient (Wildman–Crippen LogP) is 3.79. The van der Waals surface area contributed by atoms with Gasteiger partial charge in [-0.3, -0.25) is 10.1 Å². The van der Waals surface area contributed by atoms with Gasteiger partial charge in [0, 0.05) is 55.8 Å². The second kappa shape index (κ2) is 10.7. The molecule has 0 spiro atoms. The maximum absolute atomic E-state index is 11.9. The molecular formula is C23H30N8OS. The number of nitrogens with one attached hydrogen (secondary N) is 2. The Bertz CT molecular complexity index is 1080. The van der Waals surface area contributed by atoms with Crippen LogP contribution < -0.4 is 15.5 Å². The van der Waals surface area contributed by atoms with Crippen molar-refractivity contribution in [1.82, 2.24) is 24.8 Å². The van der Waals surface area contributed by atoms with Crippen LogP contribution in [0, 0.1) is 6.92 Å². The number of hydrogen-bond acceptors (Lipinski definition) is 10.